The van der Waals surface area contributed by atoms with Crippen molar-refractivity contribution in [3.63, 3.8) is 0 Å². The summed E-state index contributed by atoms with van der Waals surface area (Å²) in [5.41, 5.74) is 0. The Morgan fingerprint density at radius 2 is 0.899 bits per heavy atom. The Labute approximate surface area is 467 Å². The van der Waals surface area contributed by atoms with Crippen molar-refractivity contribution in [2.24, 2.45) is 11.8 Å². The normalized spacial score (nSPS) is 14.7. The Bertz CT molecular complexity index is 1750. The molecule has 1 aliphatic carbocycles. The molecule has 0 unspecified atom stereocenters. The van der Waals surface area contributed by atoms with Gasteiger partial charge in [-0.25, -0.2) is 4.79 Å². The predicted molar refractivity (Wildman–Crippen MR) is 292 cm³/mol. The van der Waals surface area contributed by atoms with Crippen LogP contribution in [0.25, 0.3) is 0 Å². The molecule has 1 saturated carbocycles. The van der Waals surface area contributed by atoms with Crippen LogP contribution in [0.1, 0.15) is 180 Å². The highest BCUT2D eigenvalue weighted by Gasteiger charge is 2.30. The molecule has 0 spiro atoms. The molecule has 0 bridgehead atoms. The van der Waals surface area contributed by atoms with Crippen LogP contribution >= 0.6 is 0 Å². The lowest BCUT2D eigenvalue weighted by atomic mass is 9.81. The van der Waals surface area contributed by atoms with E-state index in [-0.39, 0.29) is 122 Å². The number of amides is 7. The molecule has 0 aromatic rings. The van der Waals surface area contributed by atoms with Gasteiger partial charge in [-0.1, -0.05) is 96.8 Å². The molecule has 0 aromatic heterocycles. The Kier molecular flexibility index (Phi) is 43.9. The first-order valence-corrected chi connectivity index (χ1v) is 29.0. The first kappa shape index (κ1) is 71.6. The van der Waals surface area contributed by atoms with Crippen molar-refractivity contribution >= 4 is 59.3 Å². The van der Waals surface area contributed by atoms with Crippen LogP contribution in [0, 0.1) is 11.8 Å². The summed E-state index contributed by atoms with van der Waals surface area (Å²) in [7, 11) is 0. The van der Waals surface area contributed by atoms with E-state index in [9.17, 15) is 58.2 Å². The molecule has 1 aliphatic rings. The van der Waals surface area contributed by atoms with Crippen LogP contribution in [0.4, 0.5) is 0 Å². The van der Waals surface area contributed by atoms with Gasteiger partial charge >= 0.3 is 17.9 Å². The number of carbonyl (C=O) groups excluding carboxylic acids is 7. The predicted octanol–water partition coefficient (Wildman–Crippen LogP) is 3.66. The molecule has 1 fully saturated rings. The van der Waals surface area contributed by atoms with Crippen LogP contribution in [0.15, 0.2) is 0 Å². The van der Waals surface area contributed by atoms with Crippen molar-refractivity contribution in [2.45, 2.75) is 192 Å². The van der Waals surface area contributed by atoms with Gasteiger partial charge in [0.25, 0.3) is 0 Å². The summed E-state index contributed by atoms with van der Waals surface area (Å²) in [6.07, 6.45) is 21.1. The highest BCUT2D eigenvalue weighted by atomic mass is 16.5. The summed E-state index contributed by atoms with van der Waals surface area (Å²) in [5.74, 6) is -6.28. The van der Waals surface area contributed by atoms with E-state index < -0.39 is 66.0 Å². The second-order valence-corrected chi connectivity index (χ2v) is 20.2. The van der Waals surface area contributed by atoms with Crippen molar-refractivity contribution < 1.29 is 82.2 Å². The molecular weight excluding hydrogens is 1030 g/mol. The van der Waals surface area contributed by atoms with Gasteiger partial charge in [-0.05, 0) is 63.7 Å². The van der Waals surface area contributed by atoms with Gasteiger partial charge < -0.3 is 71.5 Å². The molecule has 1 rings (SSSR count). The number of hydrogen-bond acceptors (Lipinski definition) is 14. The topological polar surface area (TPSA) is 353 Å². The molecule has 0 aromatic carbocycles. The largest absolute Gasteiger partial charge is 0.481 e. The van der Waals surface area contributed by atoms with Crippen LogP contribution < -0.4 is 37.2 Å². The van der Waals surface area contributed by atoms with E-state index in [0.717, 1.165) is 44.9 Å². The Morgan fingerprint density at radius 1 is 0.430 bits per heavy atom. The van der Waals surface area contributed by atoms with Gasteiger partial charge in [-0.3, -0.25) is 43.2 Å². The number of nitrogens with one attached hydrogen (secondary N) is 7. The Hall–Kier alpha value is -5.46. The fourth-order valence-corrected chi connectivity index (χ4v) is 8.65. The van der Waals surface area contributed by atoms with Crippen LogP contribution in [0.3, 0.4) is 0 Å². The van der Waals surface area contributed by atoms with E-state index in [0.29, 0.717) is 45.2 Å². The lowest BCUT2D eigenvalue weighted by molar-refractivity contribution is -0.143. The van der Waals surface area contributed by atoms with Crippen molar-refractivity contribution in [2.75, 3.05) is 85.6 Å². The molecule has 79 heavy (non-hydrogen) atoms. The maximum absolute atomic E-state index is 13.1. The van der Waals surface area contributed by atoms with Gasteiger partial charge in [0.1, 0.15) is 25.3 Å². The summed E-state index contributed by atoms with van der Waals surface area (Å²) in [4.78, 5) is 121. The zero-order chi connectivity index (χ0) is 58.1. The van der Waals surface area contributed by atoms with E-state index >= 15 is 0 Å². The van der Waals surface area contributed by atoms with E-state index in [2.05, 4.69) is 37.2 Å². The minimum absolute atomic E-state index is 0.00537. The first-order chi connectivity index (χ1) is 38.1. The summed E-state index contributed by atoms with van der Waals surface area (Å²) in [6.45, 7) is 3.33. The average molecular weight is 1130 g/mol. The third kappa shape index (κ3) is 43.1. The summed E-state index contributed by atoms with van der Waals surface area (Å²) < 4.78 is 21.2. The minimum Gasteiger partial charge on any atom is -0.481 e. The number of ether oxygens (including phenoxy) is 4. The quantitative estimate of drug-likeness (QED) is 0.0389. The number of unbranched alkanes of at least 4 members (excludes halogenated alkanes) is 15. The molecule has 2 atom stereocenters. The lowest BCUT2D eigenvalue weighted by Crippen LogP contribution is -2.48. The molecule has 0 radical (unpaired) electrons. The van der Waals surface area contributed by atoms with Crippen molar-refractivity contribution in [1.29, 1.82) is 0 Å². The molecule has 10 N–H and O–H groups in total. The number of hydrogen-bond donors (Lipinski definition) is 10. The molecule has 7 amide bonds. The fourth-order valence-electron chi connectivity index (χ4n) is 8.65. The second kappa shape index (κ2) is 48.4. The van der Waals surface area contributed by atoms with Crippen LogP contribution in [0.2, 0.25) is 0 Å². The maximum atomic E-state index is 13.1. The van der Waals surface area contributed by atoms with Gasteiger partial charge in [-0.2, -0.15) is 0 Å². The van der Waals surface area contributed by atoms with E-state index in [1.807, 2.05) is 6.92 Å². The highest BCUT2D eigenvalue weighted by Crippen LogP contribution is 2.29. The second-order valence-electron chi connectivity index (χ2n) is 20.2. The van der Waals surface area contributed by atoms with E-state index in [4.69, 9.17) is 24.1 Å². The van der Waals surface area contributed by atoms with Crippen LogP contribution in [-0.4, -0.2) is 172 Å². The third-order valence-corrected chi connectivity index (χ3v) is 13.3. The van der Waals surface area contributed by atoms with Gasteiger partial charge in [0.05, 0.1) is 46.2 Å². The van der Waals surface area contributed by atoms with Gasteiger partial charge in [0.15, 0.2) is 0 Å². The van der Waals surface area contributed by atoms with Crippen molar-refractivity contribution in [3.05, 3.63) is 0 Å². The minimum atomic E-state index is -1.37. The highest BCUT2D eigenvalue weighted by molar-refractivity contribution is 5.89. The number of rotatable bonds is 52. The first-order valence-electron chi connectivity index (χ1n) is 29.0. The zero-order valence-electron chi connectivity index (χ0n) is 47.2. The standard InChI is InChI=1S/C55H97N7O17/c1-2-29-56-48(65)39-60-50(67)41-79-37-34-76-32-30-57-49(66)40-78-36-35-77-33-31-58-54(73)44(26-28-52(70)71)61-47(64)27-25-45(55(74)75)62-53(72)43-23-21-42(22-24-43)38-59-46(63)19-17-15-13-11-9-7-5-3-4-6-8-10-12-14-16-18-20-51(68)69/h42-45H,2-41H2,1H3,(H,56,65)(H,57,66)(H,58,73)(H,59,63)(H,60,67)(H,61,64)(H,62,72)(H,68,69)(H,70,71)(H,74,75)/t42?,43?,44-,45-/m0/s1. The number of carboxylic acid groups (broad SMARTS) is 3. The Morgan fingerprint density at radius 3 is 1.42 bits per heavy atom. The van der Waals surface area contributed by atoms with E-state index in [1.54, 1.807) is 0 Å². The molecule has 24 heteroatoms. The molecule has 454 valence electrons. The molecule has 0 heterocycles. The smallest absolute Gasteiger partial charge is 0.326 e. The van der Waals surface area contributed by atoms with Gasteiger partial charge in [0.2, 0.25) is 41.4 Å². The molecule has 0 aliphatic heterocycles. The lowest BCUT2D eigenvalue weighted by Gasteiger charge is -2.28. The van der Waals surface area contributed by atoms with Crippen LogP contribution in [0.5, 0.6) is 0 Å². The molecular formula is C55H97N7O17. The molecule has 24 nitrogen and oxygen atoms in total. The SMILES string of the molecule is CCCNC(=O)CNC(=O)COCCOCCNC(=O)COCCOCCNC(=O)[C@H](CCC(=O)O)NC(=O)CC[C@H](NC(=O)C1CCC(CNC(=O)CCCCCCCCCCCCCCCCCCC(=O)O)CC1)C(=O)O. The van der Waals surface area contributed by atoms with Crippen LogP contribution in [-0.2, 0) is 66.9 Å². The van der Waals surface area contributed by atoms with Crippen molar-refractivity contribution in [3.8, 4) is 0 Å². The summed E-state index contributed by atoms with van der Waals surface area (Å²) in [5, 5.41) is 46.1. The number of carbonyl (C=O) groups is 10. The monoisotopic (exact) mass is 1130 g/mol. The van der Waals surface area contributed by atoms with Crippen molar-refractivity contribution in [1.82, 2.24) is 37.2 Å². The van der Waals surface area contributed by atoms with E-state index in [1.165, 1.54) is 64.2 Å². The maximum Gasteiger partial charge on any atom is 0.326 e. The summed E-state index contributed by atoms with van der Waals surface area (Å²) >= 11 is 0. The third-order valence-electron chi connectivity index (χ3n) is 13.3. The molecule has 0 saturated heterocycles. The number of aliphatic carboxylic acids is 3. The summed E-state index contributed by atoms with van der Waals surface area (Å²) in [6, 6.07) is -2.60. The fraction of sp³-hybridized carbons (Fsp3) is 0.818. The Balaban J connectivity index is 2.18. The zero-order valence-corrected chi connectivity index (χ0v) is 47.2. The average Bonchev–Trinajstić information content (AvgIpc) is 3.42. The van der Waals surface area contributed by atoms with Gasteiger partial charge in [0, 0.05) is 57.8 Å². The number of carboxylic acids is 3. The van der Waals surface area contributed by atoms with Gasteiger partial charge in [-0.15, -0.1) is 0 Å².